The quantitative estimate of drug-likeness (QED) is 0.191. The first kappa shape index (κ1) is 25.9. The Labute approximate surface area is 181 Å². The van der Waals surface area contributed by atoms with Crippen LogP contribution in [0.2, 0.25) is 0 Å². The van der Waals surface area contributed by atoms with Gasteiger partial charge in [0.2, 0.25) is 0 Å². The highest BCUT2D eigenvalue weighted by atomic mass is 127. The first-order valence-corrected chi connectivity index (χ1v) is 9.49. The molecule has 1 atom stereocenters. The zero-order valence-corrected chi connectivity index (χ0v) is 19.5. The van der Waals surface area contributed by atoms with Crippen molar-refractivity contribution < 1.29 is 14.2 Å². The fraction of sp³-hybridized carbons (Fsp3) is 0.650. The molecule has 0 spiro atoms. The maximum Gasteiger partial charge on any atom is 0.191 e. The van der Waals surface area contributed by atoms with E-state index in [1.807, 2.05) is 31.2 Å². The molecule has 0 heterocycles. The molecule has 1 aromatic rings. The molecule has 156 valence electrons. The van der Waals surface area contributed by atoms with Crippen molar-refractivity contribution >= 4 is 29.9 Å². The van der Waals surface area contributed by atoms with E-state index in [-0.39, 0.29) is 30.1 Å². The van der Waals surface area contributed by atoms with E-state index in [2.05, 4.69) is 29.5 Å². The van der Waals surface area contributed by atoms with Crippen LogP contribution in [0.4, 0.5) is 0 Å². The van der Waals surface area contributed by atoms with Crippen LogP contribution in [0, 0.1) is 6.92 Å². The van der Waals surface area contributed by atoms with Crippen LogP contribution in [0.25, 0.3) is 0 Å². The lowest BCUT2D eigenvalue weighted by molar-refractivity contribution is 0.0487. The summed E-state index contributed by atoms with van der Waals surface area (Å²) < 4.78 is 16.9. The normalized spacial score (nSPS) is 12.2. The molecular weight excluding hydrogens is 457 g/mol. The lowest BCUT2D eigenvalue weighted by atomic mass is 10.2. The Morgan fingerprint density at radius 3 is 2.33 bits per heavy atom. The van der Waals surface area contributed by atoms with Crippen LogP contribution in [0.1, 0.15) is 32.3 Å². The third kappa shape index (κ3) is 13.7. The van der Waals surface area contributed by atoms with E-state index in [4.69, 9.17) is 14.2 Å². The van der Waals surface area contributed by atoms with Gasteiger partial charge in [0, 0.05) is 20.2 Å². The summed E-state index contributed by atoms with van der Waals surface area (Å²) in [5.74, 6) is 1.62. The first-order valence-electron chi connectivity index (χ1n) is 9.49. The van der Waals surface area contributed by atoms with Gasteiger partial charge in [-0.2, -0.15) is 0 Å². The molecule has 6 nitrogen and oxygen atoms in total. The highest BCUT2D eigenvalue weighted by molar-refractivity contribution is 14.0. The number of rotatable bonds is 13. The Bertz CT molecular complexity index is 498. The number of nitrogens with zero attached hydrogens (tertiary/aromatic N) is 1. The third-order valence-electron chi connectivity index (χ3n) is 3.69. The molecule has 1 unspecified atom stereocenters. The smallest absolute Gasteiger partial charge is 0.191 e. The summed E-state index contributed by atoms with van der Waals surface area (Å²) in [5, 5.41) is 6.48. The van der Waals surface area contributed by atoms with Crippen molar-refractivity contribution in [3.63, 3.8) is 0 Å². The number of benzene rings is 1. The third-order valence-corrected chi connectivity index (χ3v) is 3.69. The van der Waals surface area contributed by atoms with Crippen molar-refractivity contribution in [1.82, 2.24) is 10.6 Å². The summed E-state index contributed by atoms with van der Waals surface area (Å²) in [4.78, 5) is 4.20. The van der Waals surface area contributed by atoms with E-state index >= 15 is 0 Å². The fourth-order valence-electron chi connectivity index (χ4n) is 2.16. The molecule has 1 aromatic carbocycles. The number of guanidine groups is 1. The molecule has 0 bridgehead atoms. The molecule has 0 aliphatic carbocycles. The summed E-state index contributed by atoms with van der Waals surface area (Å²) >= 11 is 0. The maximum atomic E-state index is 5.88. The van der Waals surface area contributed by atoms with Gasteiger partial charge in [0.05, 0.1) is 26.4 Å². The van der Waals surface area contributed by atoms with E-state index in [1.54, 1.807) is 7.05 Å². The SMILES string of the molecule is CCCCOCCOCCNC(=NC)NCC(C)Oc1ccc(C)cc1.I. The average molecular weight is 493 g/mol. The van der Waals surface area contributed by atoms with Gasteiger partial charge < -0.3 is 24.8 Å². The molecule has 27 heavy (non-hydrogen) atoms. The van der Waals surface area contributed by atoms with Gasteiger partial charge in [-0.15, -0.1) is 24.0 Å². The van der Waals surface area contributed by atoms with Crippen molar-refractivity contribution in [2.45, 2.75) is 39.7 Å². The monoisotopic (exact) mass is 493 g/mol. The predicted octanol–water partition coefficient (Wildman–Crippen LogP) is 3.38. The largest absolute Gasteiger partial charge is 0.489 e. The summed E-state index contributed by atoms with van der Waals surface area (Å²) in [7, 11) is 1.75. The highest BCUT2D eigenvalue weighted by Gasteiger charge is 2.05. The van der Waals surface area contributed by atoms with Gasteiger partial charge in [-0.05, 0) is 32.4 Å². The van der Waals surface area contributed by atoms with Crippen molar-refractivity contribution in [1.29, 1.82) is 0 Å². The van der Waals surface area contributed by atoms with Gasteiger partial charge in [-0.3, -0.25) is 4.99 Å². The van der Waals surface area contributed by atoms with Crippen molar-refractivity contribution in [2.75, 3.05) is 46.6 Å². The molecule has 0 saturated heterocycles. The standard InChI is InChI=1S/C20H35N3O3.HI/c1-5-6-12-24-14-15-25-13-11-22-20(21-4)23-16-18(3)26-19-9-7-17(2)8-10-19;/h7-10,18H,5-6,11-16H2,1-4H3,(H2,21,22,23);1H. The fourth-order valence-corrected chi connectivity index (χ4v) is 2.16. The molecule has 0 aromatic heterocycles. The van der Waals surface area contributed by atoms with Crippen molar-refractivity contribution in [3.8, 4) is 5.75 Å². The number of aliphatic imine (C=N–C) groups is 1. The van der Waals surface area contributed by atoms with E-state index in [1.165, 1.54) is 5.56 Å². The second kappa shape index (κ2) is 17.1. The van der Waals surface area contributed by atoms with Crippen LogP contribution < -0.4 is 15.4 Å². The number of ether oxygens (including phenoxy) is 3. The second-order valence-electron chi connectivity index (χ2n) is 6.20. The van der Waals surface area contributed by atoms with E-state index in [0.29, 0.717) is 32.9 Å². The molecule has 2 N–H and O–H groups in total. The Morgan fingerprint density at radius 2 is 1.70 bits per heavy atom. The van der Waals surface area contributed by atoms with Crippen LogP contribution in [0.5, 0.6) is 5.75 Å². The number of hydrogen-bond acceptors (Lipinski definition) is 4. The zero-order valence-electron chi connectivity index (χ0n) is 17.1. The van der Waals surface area contributed by atoms with Crippen LogP contribution in [-0.4, -0.2) is 58.6 Å². The lowest BCUT2D eigenvalue weighted by Gasteiger charge is -2.18. The number of aryl methyl sites for hydroxylation is 1. The Balaban J connectivity index is 0.00000676. The summed E-state index contributed by atoms with van der Waals surface area (Å²) in [5.41, 5.74) is 1.22. The maximum absolute atomic E-state index is 5.88. The summed E-state index contributed by atoms with van der Waals surface area (Å²) in [6.07, 6.45) is 2.30. The van der Waals surface area contributed by atoms with Crippen molar-refractivity contribution in [3.05, 3.63) is 29.8 Å². The average Bonchev–Trinajstić information content (AvgIpc) is 2.64. The van der Waals surface area contributed by atoms with Gasteiger partial charge >= 0.3 is 0 Å². The van der Waals surface area contributed by atoms with Crippen LogP contribution in [0.15, 0.2) is 29.3 Å². The second-order valence-corrected chi connectivity index (χ2v) is 6.20. The molecule has 0 saturated carbocycles. The zero-order chi connectivity index (χ0) is 19.0. The van der Waals surface area contributed by atoms with Gasteiger partial charge in [0.15, 0.2) is 5.96 Å². The minimum absolute atomic E-state index is 0. The Kier molecular flexibility index (Phi) is 16.4. The van der Waals surface area contributed by atoms with E-state index in [9.17, 15) is 0 Å². The minimum Gasteiger partial charge on any atom is -0.489 e. The van der Waals surface area contributed by atoms with Gasteiger partial charge in [-0.25, -0.2) is 0 Å². The van der Waals surface area contributed by atoms with E-state index < -0.39 is 0 Å². The topological polar surface area (TPSA) is 64.1 Å². The van der Waals surface area contributed by atoms with Crippen molar-refractivity contribution in [2.24, 2.45) is 4.99 Å². The van der Waals surface area contributed by atoms with Crippen LogP contribution in [0.3, 0.4) is 0 Å². The number of unbranched alkanes of at least 4 members (excludes halogenated alkanes) is 1. The molecule has 0 amide bonds. The first-order chi connectivity index (χ1) is 12.7. The number of halogens is 1. The molecule has 0 fully saturated rings. The molecule has 0 aliphatic rings. The summed E-state index contributed by atoms with van der Waals surface area (Å²) in [6.45, 7) is 10.3. The molecule has 1 rings (SSSR count). The molecule has 0 radical (unpaired) electrons. The Hall–Kier alpha value is -1.06. The molecule has 7 heteroatoms. The van der Waals surface area contributed by atoms with Gasteiger partial charge in [0.25, 0.3) is 0 Å². The summed E-state index contributed by atoms with van der Waals surface area (Å²) in [6, 6.07) is 8.07. The van der Waals surface area contributed by atoms with Gasteiger partial charge in [0.1, 0.15) is 11.9 Å². The van der Waals surface area contributed by atoms with Crippen LogP contribution >= 0.6 is 24.0 Å². The molecular formula is C20H36IN3O3. The highest BCUT2D eigenvalue weighted by Crippen LogP contribution is 2.12. The Morgan fingerprint density at radius 1 is 1.04 bits per heavy atom. The lowest BCUT2D eigenvalue weighted by Crippen LogP contribution is -2.42. The van der Waals surface area contributed by atoms with Crippen LogP contribution in [-0.2, 0) is 9.47 Å². The predicted molar refractivity (Wildman–Crippen MR) is 123 cm³/mol. The van der Waals surface area contributed by atoms with E-state index in [0.717, 1.165) is 31.2 Å². The number of nitrogens with one attached hydrogen (secondary N) is 2. The molecule has 0 aliphatic heterocycles. The minimum atomic E-state index is 0. The number of hydrogen-bond donors (Lipinski definition) is 2. The van der Waals surface area contributed by atoms with Gasteiger partial charge in [-0.1, -0.05) is 31.0 Å².